The predicted octanol–water partition coefficient (Wildman–Crippen LogP) is 4.13. The summed E-state index contributed by atoms with van der Waals surface area (Å²) in [6, 6.07) is 4.05. The Hall–Kier alpha value is -2.11. The summed E-state index contributed by atoms with van der Waals surface area (Å²) in [4.78, 5) is 0. The van der Waals surface area contributed by atoms with Gasteiger partial charge >= 0.3 is 0 Å². The van der Waals surface area contributed by atoms with Gasteiger partial charge < -0.3 is 5.32 Å². The minimum Gasteiger partial charge on any atom is -0.351 e. The molecule has 0 aliphatic carbocycles. The second kappa shape index (κ2) is 4.64. The smallest absolute Gasteiger partial charge is 0.196 e. The van der Waals surface area contributed by atoms with Crippen LogP contribution in [-0.4, -0.2) is 0 Å². The maximum absolute atomic E-state index is 13.3. The van der Waals surface area contributed by atoms with Gasteiger partial charge in [-0.3, -0.25) is 0 Å². The Kier molecular flexibility index (Phi) is 3.18. The van der Waals surface area contributed by atoms with Gasteiger partial charge in [0, 0.05) is 6.07 Å². The number of nitrogens with one attached hydrogen (secondary N) is 1. The summed E-state index contributed by atoms with van der Waals surface area (Å²) in [5.41, 5.74) is -0.863. The van der Waals surface area contributed by atoms with E-state index in [1.807, 2.05) is 0 Å². The van der Waals surface area contributed by atoms with Crippen LogP contribution in [0.25, 0.3) is 0 Å². The Labute approximate surface area is 98.9 Å². The van der Waals surface area contributed by atoms with E-state index in [1.165, 1.54) is 0 Å². The van der Waals surface area contributed by atoms with Crippen molar-refractivity contribution in [1.29, 1.82) is 0 Å². The third-order valence-corrected chi connectivity index (χ3v) is 2.23. The second-order valence-corrected chi connectivity index (χ2v) is 3.47. The van der Waals surface area contributed by atoms with Gasteiger partial charge in [-0.15, -0.1) is 0 Å². The molecule has 0 amide bonds. The van der Waals surface area contributed by atoms with Crippen molar-refractivity contribution in [1.82, 2.24) is 0 Å². The van der Waals surface area contributed by atoms with Crippen molar-refractivity contribution in [2.75, 3.05) is 5.32 Å². The SMILES string of the molecule is Fc1ccc(F)c(Nc2ccc(F)c(F)c2F)c1. The minimum atomic E-state index is -1.68. The molecule has 0 aliphatic rings. The molecule has 0 heterocycles. The summed E-state index contributed by atoms with van der Waals surface area (Å²) in [6.45, 7) is 0. The first-order chi connectivity index (χ1) is 8.49. The Balaban J connectivity index is 2.40. The van der Waals surface area contributed by atoms with E-state index >= 15 is 0 Å². The summed E-state index contributed by atoms with van der Waals surface area (Å²) >= 11 is 0. The van der Waals surface area contributed by atoms with E-state index in [0.29, 0.717) is 6.07 Å². The molecular weight excluding hydrogens is 253 g/mol. The fourth-order valence-electron chi connectivity index (χ4n) is 1.36. The standard InChI is InChI=1S/C12H6F5N/c13-6-1-2-7(14)10(5-6)18-9-4-3-8(15)11(16)12(9)17/h1-5,18H. The fourth-order valence-corrected chi connectivity index (χ4v) is 1.36. The number of hydrogen-bond acceptors (Lipinski definition) is 1. The average molecular weight is 259 g/mol. The van der Waals surface area contributed by atoms with Gasteiger partial charge in [0.25, 0.3) is 0 Å². The van der Waals surface area contributed by atoms with E-state index in [2.05, 4.69) is 5.32 Å². The molecule has 0 atom stereocenters. The first kappa shape index (κ1) is 12.3. The number of hydrogen-bond donors (Lipinski definition) is 1. The van der Waals surface area contributed by atoms with Crippen molar-refractivity contribution in [3.05, 3.63) is 59.4 Å². The normalized spacial score (nSPS) is 10.5. The van der Waals surface area contributed by atoms with E-state index in [-0.39, 0.29) is 5.69 Å². The molecule has 0 aromatic heterocycles. The van der Waals surface area contributed by atoms with E-state index in [4.69, 9.17) is 0 Å². The van der Waals surface area contributed by atoms with Gasteiger partial charge in [0.15, 0.2) is 17.5 Å². The van der Waals surface area contributed by atoms with Crippen molar-refractivity contribution in [2.45, 2.75) is 0 Å². The highest BCUT2D eigenvalue weighted by Gasteiger charge is 2.14. The maximum Gasteiger partial charge on any atom is 0.196 e. The summed E-state index contributed by atoms with van der Waals surface area (Å²) in [7, 11) is 0. The predicted molar refractivity (Wildman–Crippen MR) is 56.0 cm³/mol. The van der Waals surface area contributed by atoms with E-state index in [1.54, 1.807) is 0 Å². The molecule has 2 aromatic rings. The van der Waals surface area contributed by atoms with E-state index in [0.717, 1.165) is 24.3 Å². The molecule has 1 nitrogen and oxygen atoms in total. The Morgan fingerprint density at radius 2 is 1.33 bits per heavy atom. The summed E-state index contributed by atoms with van der Waals surface area (Å²) in [5, 5.41) is 2.15. The molecule has 6 heteroatoms. The minimum absolute atomic E-state index is 0.375. The Bertz CT molecular complexity index is 597. The lowest BCUT2D eigenvalue weighted by Gasteiger charge is -2.09. The first-order valence-electron chi connectivity index (χ1n) is 4.84. The third kappa shape index (κ3) is 2.27. The summed E-state index contributed by atoms with van der Waals surface area (Å²) < 4.78 is 65.0. The Morgan fingerprint density at radius 3 is 2.06 bits per heavy atom. The molecule has 18 heavy (non-hydrogen) atoms. The molecular formula is C12H6F5N. The van der Waals surface area contributed by atoms with Crippen molar-refractivity contribution in [3.8, 4) is 0 Å². The Morgan fingerprint density at radius 1 is 0.667 bits per heavy atom. The summed E-state index contributed by atoms with van der Waals surface area (Å²) in [5.74, 6) is -6.14. The van der Waals surface area contributed by atoms with E-state index < -0.39 is 34.8 Å². The molecule has 0 saturated heterocycles. The topological polar surface area (TPSA) is 12.0 Å². The highest BCUT2D eigenvalue weighted by molar-refractivity contribution is 5.60. The van der Waals surface area contributed by atoms with Gasteiger partial charge in [0.05, 0.1) is 11.4 Å². The van der Waals surface area contributed by atoms with Crippen LogP contribution < -0.4 is 5.32 Å². The zero-order chi connectivity index (χ0) is 13.3. The van der Waals surface area contributed by atoms with Crippen molar-refractivity contribution in [2.24, 2.45) is 0 Å². The lowest BCUT2D eigenvalue weighted by molar-refractivity contribution is 0.449. The second-order valence-electron chi connectivity index (χ2n) is 3.47. The number of benzene rings is 2. The van der Waals surface area contributed by atoms with Gasteiger partial charge in [-0.2, -0.15) is 0 Å². The monoisotopic (exact) mass is 259 g/mol. The van der Waals surface area contributed by atoms with Crippen LogP contribution in [0.2, 0.25) is 0 Å². The number of rotatable bonds is 2. The van der Waals surface area contributed by atoms with Gasteiger partial charge in [0.1, 0.15) is 11.6 Å². The van der Waals surface area contributed by atoms with Gasteiger partial charge in [-0.25, -0.2) is 22.0 Å². The molecule has 1 N–H and O–H groups in total. The zero-order valence-electron chi connectivity index (χ0n) is 8.78. The molecule has 0 unspecified atom stereocenters. The van der Waals surface area contributed by atoms with Crippen LogP contribution in [0, 0.1) is 29.1 Å². The lowest BCUT2D eigenvalue weighted by atomic mass is 10.2. The first-order valence-corrected chi connectivity index (χ1v) is 4.84. The highest BCUT2D eigenvalue weighted by Crippen LogP contribution is 2.25. The summed E-state index contributed by atoms with van der Waals surface area (Å²) in [6.07, 6.45) is 0. The molecule has 0 saturated carbocycles. The number of anilines is 2. The fraction of sp³-hybridized carbons (Fsp3) is 0. The molecule has 0 spiro atoms. The molecule has 94 valence electrons. The molecule has 2 rings (SSSR count). The van der Waals surface area contributed by atoms with Gasteiger partial charge in [-0.1, -0.05) is 0 Å². The van der Waals surface area contributed by atoms with Crippen molar-refractivity contribution in [3.63, 3.8) is 0 Å². The largest absolute Gasteiger partial charge is 0.351 e. The van der Waals surface area contributed by atoms with E-state index in [9.17, 15) is 22.0 Å². The van der Waals surface area contributed by atoms with Crippen LogP contribution in [0.1, 0.15) is 0 Å². The van der Waals surface area contributed by atoms with Crippen LogP contribution in [-0.2, 0) is 0 Å². The molecule has 0 aliphatic heterocycles. The number of halogens is 5. The third-order valence-electron chi connectivity index (χ3n) is 2.23. The van der Waals surface area contributed by atoms with Crippen LogP contribution in [0.5, 0.6) is 0 Å². The van der Waals surface area contributed by atoms with Crippen LogP contribution in [0.3, 0.4) is 0 Å². The average Bonchev–Trinajstić information content (AvgIpc) is 2.34. The van der Waals surface area contributed by atoms with Crippen molar-refractivity contribution >= 4 is 11.4 Å². The van der Waals surface area contributed by atoms with Crippen molar-refractivity contribution < 1.29 is 22.0 Å². The van der Waals surface area contributed by atoms with Crippen LogP contribution >= 0.6 is 0 Å². The lowest BCUT2D eigenvalue weighted by Crippen LogP contribution is -2.00. The molecule has 2 aromatic carbocycles. The van der Waals surface area contributed by atoms with Gasteiger partial charge in [-0.05, 0) is 24.3 Å². The molecule has 0 fully saturated rings. The van der Waals surface area contributed by atoms with Crippen LogP contribution in [0.4, 0.5) is 33.3 Å². The maximum atomic E-state index is 13.3. The highest BCUT2D eigenvalue weighted by atomic mass is 19.2. The van der Waals surface area contributed by atoms with Gasteiger partial charge in [0.2, 0.25) is 0 Å². The zero-order valence-corrected chi connectivity index (χ0v) is 8.78. The molecule has 0 bridgehead atoms. The van der Waals surface area contributed by atoms with Crippen LogP contribution in [0.15, 0.2) is 30.3 Å². The quantitative estimate of drug-likeness (QED) is 0.631. The molecule has 0 radical (unpaired) electrons.